The summed E-state index contributed by atoms with van der Waals surface area (Å²) < 4.78 is 96.8. The third-order valence-electron chi connectivity index (χ3n) is 4.60. The van der Waals surface area contributed by atoms with Crippen LogP contribution in [0.1, 0.15) is 5.56 Å². The van der Waals surface area contributed by atoms with Crippen molar-refractivity contribution in [2.24, 2.45) is 0 Å². The van der Waals surface area contributed by atoms with Crippen molar-refractivity contribution < 1.29 is 39.1 Å². The fraction of sp³-hybridized carbons (Fsp3) is 0.625. The molecule has 2 rings (SSSR count). The summed E-state index contributed by atoms with van der Waals surface area (Å²) in [7, 11) is -8.49. The Morgan fingerprint density at radius 2 is 1.82 bits per heavy atom. The molecule has 1 N–H and O–H groups in total. The van der Waals surface area contributed by atoms with Crippen LogP contribution in [0.3, 0.4) is 0 Å². The molecule has 0 atom stereocenters. The van der Waals surface area contributed by atoms with E-state index in [1.54, 1.807) is 0 Å². The summed E-state index contributed by atoms with van der Waals surface area (Å²) in [6.07, 6.45) is -4.38. The van der Waals surface area contributed by atoms with Gasteiger partial charge in [0.2, 0.25) is 10.0 Å². The zero-order valence-electron chi connectivity index (χ0n) is 17.3. The largest absolute Gasteiger partial charge is 0.418 e. The molecule has 188 valence electrons. The molecule has 1 aromatic carbocycles. The van der Waals surface area contributed by atoms with Gasteiger partial charge in [-0.3, -0.25) is 14.3 Å². The van der Waals surface area contributed by atoms with Crippen molar-refractivity contribution in [1.82, 2.24) is 9.62 Å². The average molecular weight is 583 g/mol. The van der Waals surface area contributed by atoms with Crippen LogP contribution in [0.5, 0.6) is 0 Å². The highest BCUT2D eigenvalue weighted by Crippen LogP contribution is 2.43. The van der Waals surface area contributed by atoms with Gasteiger partial charge in [0.05, 0.1) is 29.0 Å². The first-order valence-electron chi connectivity index (χ1n) is 9.44. The number of sulfonamides is 1. The number of rotatable bonds is 10. The Morgan fingerprint density at radius 1 is 1.21 bits per heavy atom. The maximum atomic E-state index is 14.0. The zero-order chi connectivity index (χ0) is 25.0. The van der Waals surface area contributed by atoms with Crippen LogP contribution >= 0.6 is 15.9 Å². The summed E-state index contributed by atoms with van der Waals surface area (Å²) in [5.74, 6) is 0. The molecule has 1 aliphatic rings. The van der Waals surface area contributed by atoms with Crippen molar-refractivity contribution in [3.8, 4) is 0 Å². The summed E-state index contributed by atoms with van der Waals surface area (Å²) in [6.45, 7) is -0.732. The smallest absolute Gasteiger partial charge is 0.367 e. The topological polar surface area (TPSA) is 139 Å². The third-order valence-corrected chi connectivity index (χ3v) is 7.46. The van der Waals surface area contributed by atoms with Gasteiger partial charge >= 0.3 is 6.18 Å². The number of benzene rings is 1. The Morgan fingerprint density at radius 3 is 2.30 bits per heavy atom. The molecule has 0 amide bonds. The minimum atomic E-state index is -5.14. The van der Waals surface area contributed by atoms with E-state index in [-0.39, 0.29) is 44.1 Å². The van der Waals surface area contributed by atoms with Gasteiger partial charge in [-0.15, -0.1) is 0 Å². The van der Waals surface area contributed by atoms with E-state index in [1.807, 2.05) is 0 Å². The van der Waals surface area contributed by atoms with Crippen LogP contribution < -0.4 is 10.2 Å². The predicted molar refractivity (Wildman–Crippen MR) is 117 cm³/mol. The van der Waals surface area contributed by atoms with Gasteiger partial charge in [-0.2, -0.15) is 25.9 Å². The van der Waals surface area contributed by atoms with E-state index in [0.29, 0.717) is 6.07 Å². The minimum Gasteiger partial charge on any atom is -0.367 e. The number of nitro groups is 1. The van der Waals surface area contributed by atoms with Crippen LogP contribution in [0.2, 0.25) is 0 Å². The SMILES string of the molecule is CS(=O)(=O)OCCN(CCBr)c1c(C(F)(F)F)cc([N+](=O)[O-])cc1S(=O)(=O)N1CCNCC1. The number of nitrogens with one attached hydrogen (secondary N) is 1. The molecule has 0 bridgehead atoms. The van der Waals surface area contributed by atoms with Crippen molar-refractivity contribution in [1.29, 1.82) is 0 Å². The second-order valence-electron chi connectivity index (χ2n) is 6.95. The van der Waals surface area contributed by atoms with E-state index in [9.17, 15) is 40.1 Å². The highest BCUT2D eigenvalue weighted by Gasteiger charge is 2.42. The first-order chi connectivity index (χ1) is 15.2. The lowest BCUT2D eigenvalue weighted by Gasteiger charge is -2.32. The van der Waals surface area contributed by atoms with Crippen LogP contribution in [-0.4, -0.2) is 83.5 Å². The molecule has 1 saturated heterocycles. The maximum Gasteiger partial charge on any atom is 0.418 e. The van der Waals surface area contributed by atoms with Crippen molar-refractivity contribution in [3.05, 3.63) is 27.8 Å². The summed E-state index contributed by atoms with van der Waals surface area (Å²) >= 11 is 3.08. The molecule has 1 aromatic rings. The Kier molecular flexibility index (Phi) is 9.08. The highest BCUT2D eigenvalue weighted by molar-refractivity contribution is 9.09. The second-order valence-corrected chi connectivity index (χ2v) is 11.3. The lowest BCUT2D eigenvalue weighted by Crippen LogP contribution is -2.46. The first-order valence-corrected chi connectivity index (χ1v) is 13.8. The lowest BCUT2D eigenvalue weighted by atomic mass is 10.1. The number of nitro benzene ring substituents is 1. The van der Waals surface area contributed by atoms with E-state index >= 15 is 0 Å². The number of hydrogen-bond donors (Lipinski definition) is 1. The van der Waals surface area contributed by atoms with Gasteiger partial charge < -0.3 is 10.2 Å². The summed E-state index contributed by atoms with van der Waals surface area (Å²) in [5, 5.41) is 14.3. The standard InChI is InChI=1S/C16H22BrF3N4O7S2/c1-32(27,28)31-9-8-22(5-2-17)15-13(16(18,19)20)10-12(24(25)26)11-14(15)33(29,30)23-6-3-21-4-7-23/h10-11,21H,2-9H2,1H3. The summed E-state index contributed by atoms with van der Waals surface area (Å²) in [5.41, 5.74) is -3.36. The molecule has 0 aliphatic carbocycles. The van der Waals surface area contributed by atoms with Crippen molar-refractivity contribution in [2.45, 2.75) is 11.1 Å². The third kappa shape index (κ3) is 7.22. The minimum absolute atomic E-state index is 0.0402. The zero-order valence-corrected chi connectivity index (χ0v) is 20.6. The van der Waals surface area contributed by atoms with Crippen molar-refractivity contribution >= 4 is 47.4 Å². The van der Waals surface area contributed by atoms with E-state index < -0.39 is 66.2 Å². The summed E-state index contributed by atoms with van der Waals surface area (Å²) in [6, 6.07) is 0.866. The quantitative estimate of drug-likeness (QED) is 0.187. The number of piperazine rings is 1. The molecule has 0 aromatic heterocycles. The molecule has 0 radical (unpaired) electrons. The van der Waals surface area contributed by atoms with Crippen LogP contribution in [0.15, 0.2) is 17.0 Å². The highest BCUT2D eigenvalue weighted by atomic mass is 79.9. The number of halogens is 4. The van der Waals surface area contributed by atoms with Gasteiger partial charge in [-0.25, -0.2) is 8.42 Å². The average Bonchev–Trinajstić information content (AvgIpc) is 2.71. The van der Waals surface area contributed by atoms with Gasteiger partial charge in [0.1, 0.15) is 4.90 Å². The first kappa shape index (κ1) is 27.7. The molecule has 11 nitrogen and oxygen atoms in total. The van der Waals surface area contributed by atoms with Crippen molar-refractivity contribution in [3.63, 3.8) is 0 Å². The molecule has 0 unspecified atom stereocenters. The molecule has 1 aliphatic heterocycles. The van der Waals surface area contributed by atoms with Crippen LogP contribution in [0, 0.1) is 10.1 Å². The molecule has 17 heteroatoms. The molecular weight excluding hydrogens is 561 g/mol. The van der Waals surface area contributed by atoms with Crippen LogP contribution in [0.4, 0.5) is 24.5 Å². The molecule has 0 spiro atoms. The van der Waals surface area contributed by atoms with E-state index in [2.05, 4.69) is 25.4 Å². The van der Waals surface area contributed by atoms with Crippen LogP contribution in [0.25, 0.3) is 0 Å². The number of hydrogen-bond acceptors (Lipinski definition) is 9. The van der Waals surface area contributed by atoms with Gasteiger partial charge in [-0.05, 0) is 0 Å². The second kappa shape index (κ2) is 10.8. The van der Waals surface area contributed by atoms with Crippen LogP contribution in [-0.2, 0) is 30.5 Å². The molecule has 1 heterocycles. The molecule has 1 fully saturated rings. The number of nitrogens with zero attached hydrogens (tertiary/aromatic N) is 3. The fourth-order valence-corrected chi connectivity index (χ4v) is 5.70. The van der Waals surface area contributed by atoms with E-state index in [0.717, 1.165) is 15.5 Å². The van der Waals surface area contributed by atoms with Gasteiger partial charge in [-0.1, -0.05) is 15.9 Å². The normalized spacial score (nSPS) is 16.0. The Balaban J connectivity index is 2.76. The lowest BCUT2D eigenvalue weighted by molar-refractivity contribution is -0.385. The molecule has 33 heavy (non-hydrogen) atoms. The number of non-ortho nitro benzene ring substituents is 1. The van der Waals surface area contributed by atoms with E-state index in [4.69, 9.17) is 0 Å². The Bertz CT molecular complexity index is 1080. The summed E-state index contributed by atoms with van der Waals surface area (Å²) in [4.78, 5) is 10.3. The van der Waals surface area contributed by atoms with Crippen molar-refractivity contribution in [2.75, 3.05) is 62.4 Å². The molecule has 0 saturated carbocycles. The van der Waals surface area contributed by atoms with Gasteiger partial charge in [0, 0.05) is 56.7 Å². The van der Waals surface area contributed by atoms with Gasteiger partial charge in [0.15, 0.2) is 0 Å². The number of alkyl halides is 4. The maximum absolute atomic E-state index is 14.0. The molecular formula is C16H22BrF3N4O7S2. The Labute approximate surface area is 197 Å². The van der Waals surface area contributed by atoms with E-state index in [1.165, 1.54) is 0 Å². The Hall–Kier alpha value is -1.53. The fourth-order valence-electron chi connectivity index (χ4n) is 3.20. The predicted octanol–water partition coefficient (Wildman–Crippen LogP) is 1.39. The number of anilines is 1. The van der Waals surface area contributed by atoms with Gasteiger partial charge in [0.25, 0.3) is 15.8 Å². The monoisotopic (exact) mass is 582 g/mol.